The van der Waals surface area contributed by atoms with Gasteiger partial charge in [0.15, 0.2) is 0 Å². The molecule has 0 bridgehead atoms. The molecule has 0 heterocycles. The zero-order valence-corrected chi connectivity index (χ0v) is 10.9. The van der Waals surface area contributed by atoms with Gasteiger partial charge in [-0.3, -0.25) is 0 Å². The first-order valence-electron chi connectivity index (χ1n) is 5.88. The summed E-state index contributed by atoms with van der Waals surface area (Å²) in [5.41, 5.74) is 7.29. The predicted octanol–water partition coefficient (Wildman–Crippen LogP) is 4.05. The summed E-state index contributed by atoms with van der Waals surface area (Å²) >= 11 is 5.76. The van der Waals surface area contributed by atoms with Crippen molar-refractivity contribution in [1.82, 2.24) is 0 Å². The third kappa shape index (κ3) is 2.83. The minimum absolute atomic E-state index is 0.110. The van der Waals surface area contributed by atoms with Gasteiger partial charge < -0.3 is 11.1 Å². The van der Waals surface area contributed by atoms with Crippen LogP contribution < -0.4 is 11.1 Å². The minimum atomic E-state index is -0.471. The number of nitrogen functional groups attached to an aromatic ring is 1. The second-order valence-corrected chi connectivity index (χ2v) is 6.01. The van der Waals surface area contributed by atoms with Crippen molar-refractivity contribution in [2.45, 2.75) is 39.2 Å². The molecule has 1 fully saturated rings. The van der Waals surface area contributed by atoms with Gasteiger partial charge in [0.2, 0.25) is 0 Å². The smallest absolute Gasteiger partial charge is 0.143 e. The second-order valence-electron chi connectivity index (χ2n) is 5.60. The van der Waals surface area contributed by atoms with Crippen molar-refractivity contribution in [3.05, 3.63) is 23.0 Å². The summed E-state index contributed by atoms with van der Waals surface area (Å²) in [6, 6.07) is 3.23. The van der Waals surface area contributed by atoms with Crippen LogP contribution in [-0.4, -0.2) is 6.04 Å². The van der Waals surface area contributed by atoms with E-state index in [-0.39, 0.29) is 5.02 Å². The van der Waals surface area contributed by atoms with Gasteiger partial charge >= 0.3 is 0 Å². The van der Waals surface area contributed by atoms with E-state index < -0.39 is 5.82 Å². The van der Waals surface area contributed by atoms with Crippen molar-refractivity contribution >= 4 is 23.0 Å². The Morgan fingerprint density at radius 1 is 1.47 bits per heavy atom. The van der Waals surface area contributed by atoms with Crippen LogP contribution in [0.2, 0.25) is 5.02 Å². The lowest BCUT2D eigenvalue weighted by molar-refractivity contribution is 0.378. The first-order valence-corrected chi connectivity index (χ1v) is 6.26. The molecule has 4 heteroatoms. The summed E-state index contributed by atoms with van der Waals surface area (Å²) in [7, 11) is 0. The molecule has 0 aliphatic heterocycles. The van der Waals surface area contributed by atoms with Crippen molar-refractivity contribution in [3.8, 4) is 0 Å². The van der Waals surface area contributed by atoms with Gasteiger partial charge in [0.25, 0.3) is 0 Å². The van der Waals surface area contributed by atoms with E-state index in [1.54, 1.807) is 6.07 Å². The highest BCUT2D eigenvalue weighted by Crippen LogP contribution is 2.39. The Labute approximate surface area is 106 Å². The van der Waals surface area contributed by atoms with E-state index >= 15 is 0 Å². The highest BCUT2D eigenvalue weighted by Gasteiger charge is 2.31. The minimum Gasteiger partial charge on any atom is -0.397 e. The van der Waals surface area contributed by atoms with E-state index in [1.807, 2.05) is 0 Å². The zero-order valence-electron chi connectivity index (χ0n) is 10.2. The molecule has 1 aromatic carbocycles. The highest BCUT2D eigenvalue weighted by atomic mass is 35.5. The maximum atomic E-state index is 13.2. The molecule has 1 atom stereocenters. The highest BCUT2D eigenvalue weighted by molar-refractivity contribution is 6.31. The van der Waals surface area contributed by atoms with Crippen molar-refractivity contribution in [2.75, 3.05) is 11.1 Å². The van der Waals surface area contributed by atoms with Gasteiger partial charge in [-0.15, -0.1) is 0 Å². The Balaban J connectivity index is 2.12. The Hall–Kier alpha value is -0.960. The molecule has 0 spiro atoms. The van der Waals surface area contributed by atoms with E-state index in [0.29, 0.717) is 17.1 Å². The van der Waals surface area contributed by atoms with Crippen LogP contribution in [0, 0.1) is 11.2 Å². The normalized spacial score (nSPS) is 22.7. The first-order chi connectivity index (χ1) is 7.87. The molecule has 2 rings (SSSR count). The molecule has 1 aromatic rings. The quantitative estimate of drug-likeness (QED) is 0.784. The summed E-state index contributed by atoms with van der Waals surface area (Å²) < 4.78 is 13.2. The van der Waals surface area contributed by atoms with Crippen molar-refractivity contribution in [2.24, 2.45) is 5.41 Å². The summed E-state index contributed by atoms with van der Waals surface area (Å²) in [5, 5.41) is 3.47. The third-order valence-corrected chi connectivity index (χ3v) is 3.71. The molecule has 94 valence electrons. The van der Waals surface area contributed by atoms with E-state index in [2.05, 4.69) is 19.2 Å². The van der Waals surface area contributed by atoms with Gasteiger partial charge in [0.1, 0.15) is 5.82 Å². The fourth-order valence-corrected chi connectivity index (χ4v) is 2.63. The molecule has 1 aliphatic carbocycles. The SMILES string of the molecule is CC1(C)CCC(Nc2cc(Cl)c(F)cc2N)C1. The lowest BCUT2D eigenvalue weighted by atomic mass is 9.92. The van der Waals surface area contributed by atoms with Crippen LogP contribution in [0.5, 0.6) is 0 Å². The fourth-order valence-electron chi connectivity index (χ4n) is 2.47. The maximum absolute atomic E-state index is 13.2. The zero-order chi connectivity index (χ0) is 12.6. The number of rotatable bonds is 2. The lowest BCUT2D eigenvalue weighted by Gasteiger charge is -2.19. The van der Waals surface area contributed by atoms with Gasteiger partial charge in [-0.25, -0.2) is 4.39 Å². The summed E-state index contributed by atoms with van der Waals surface area (Å²) in [6.07, 6.45) is 3.41. The third-order valence-electron chi connectivity index (χ3n) is 3.42. The predicted molar refractivity (Wildman–Crippen MR) is 70.9 cm³/mol. The van der Waals surface area contributed by atoms with Crippen LogP contribution >= 0.6 is 11.6 Å². The van der Waals surface area contributed by atoms with E-state index in [0.717, 1.165) is 18.5 Å². The number of hydrogen-bond donors (Lipinski definition) is 2. The van der Waals surface area contributed by atoms with Crippen LogP contribution in [0.3, 0.4) is 0 Å². The van der Waals surface area contributed by atoms with Crippen LogP contribution in [0.25, 0.3) is 0 Å². The Kier molecular flexibility index (Phi) is 3.21. The first kappa shape index (κ1) is 12.5. The maximum Gasteiger partial charge on any atom is 0.143 e. The Bertz CT molecular complexity index is 432. The topological polar surface area (TPSA) is 38.0 Å². The number of nitrogens with one attached hydrogen (secondary N) is 1. The average Bonchev–Trinajstić information content (AvgIpc) is 2.54. The molecule has 0 radical (unpaired) electrons. The number of anilines is 2. The Morgan fingerprint density at radius 2 is 2.18 bits per heavy atom. The average molecular weight is 257 g/mol. The van der Waals surface area contributed by atoms with Crippen molar-refractivity contribution in [3.63, 3.8) is 0 Å². The van der Waals surface area contributed by atoms with Gasteiger partial charge in [0, 0.05) is 12.1 Å². The van der Waals surface area contributed by atoms with Crippen LogP contribution in [-0.2, 0) is 0 Å². The summed E-state index contributed by atoms with van der Waals surface area (Å²) in [5.74, 6) is -0.471. The van der Waals surface area contributed by atoms with Crippen LogP contribution in [0.15, 0.2) is 12.1 Å². The molecule has 17 heavy (non-hydrogen) atoms. The fraction of sp³-hybridized carbons (Fsp3) is 0.538. The van der Waals surface area contributed by atoms with Gasteiger partial charge in [0.05, 0.1) is 16.4 Å². The molecule has 2 nitrogen and oxygen atoms in total. The Morgan fingerprint density at radius 3 is 2.76 bits per heavy atom. The standard InChI is InChI=1S/C13H18ClFN2/c1-13(2)4-3-8(7-13)17-12-5-9(14)10(15)6-11(12)16/h5-6,8,17H,3-4,7,16H2,1-2H3. The molecular weight excluding hydrogens is 239 g/mol. The largest absolute Gasteiger partial charge is 0.397 e. The lowest BCUT2D eigenvalue weighted by Crippen LogP contribution is -2.18. The molecule has 0 saturated heterocycles. The van der Waals surface area contributed by atoms with E-state index in [9.17, 15) is 4.39 Å². The van der Waals surface area contributed by atoms with Crippen molar-refractivity contribution < 1.29 is 4.39 Å². The van der Waals surface area contributed by atoms with Crippen molar-refractivity contribution in [1.29, 1.82) is 0 Å². The summed E-state index contributed by atoms with van der Waals surface area (Å²) in [6.45, 7) is 4.52. The van der Waals surface area contributed by atoms with Crippen LogP contribution in [0.1, 0.15) is 33.1 Å². The van der Waals surface area contributed by atoms with Gasteiger partial charge in [-0.2, -0.15) is 0 Å². The number of hydrogen-bond acceptors (Lipinski definition) is 2. The molecule has 1 aliphatic rings. The second kappa shape index (κ2) is 4.37. The number of benzene rings is 1. The number of halogens is 2. The number of nitrogens with two attached hydrogens (primary N) is 1. The molecule has 1 saturated carbocycles. The molecule has 0 amide bonds. The van der Waals surface area contributed by atoms with Gasteiger partial charge in [-0.1, -0.05) is 25.4 Å². The monoisotopic (exact) mass is 256 g/mol. The van der Waals surface area contributed by atoms with E-state index in [4.69, 9.17) is 17.3 Å². The molecule has 1 unspecified atom stereocenters. The van der Waals surface area contributed by atoms with Gasteiger partial charge in [-0.05, 0) is 30.7 Å². The molecule has 3 N–H and O–H groups in total. The molecular formula is C13H18ClFN2. The van der Waals surface area contributed by atoms with E-state index in [1.165, 1.54) is 12.5 Å². The molecule has 0 aromatic heterocycles. The van der Waals surface area contributed by atoms with Crippen LogP contribution in [0.4, 0.5) is 15.8 Å². The summed E-state index contributed by atoms with van der Waals surface area (Å²) in [4.78, 5) is 0.